The molecule has 0 spiro atoms. The Morgan fingerprint density at radius 3 is 2.67 bits per heavy atom. The van der Waals surface area contributed by atoms with Crippen LogP contribution in [0.4, 0.5) is 0 Å². The quantitative estimate of drug-likeness (QED) is 0.710. The topological polar surface area (TPSA) is 46.2 Å². The second-order valence-electron chi connectivity index (χ2n) is 4.97. The fraction of sp³-hybridized carbons (Fsp3) is 0.692. The number of rotatable bonds is 9. The lowest BCUT2D eigenvalue weighted by Crippen LogP contribution is -2.26. The average molecular weight is 289 g/mol. The summed E-state index contributed by atoms with van der Waals surface area (Å²) in [6, 6.07) is 2.10. The molecule has 0 bridgehead atoms. The molecule has 0 unspecified atom stereocenters. The van der Waals surface area contributed by atoms with Gasteiger partial charge in [-0.3, -0.25) is 0 Å². The predicted molar refractivity (Wildman–Crippen MR) is 79.0 cm³/mol. The van der Waals surface area contributed by atoms with E-state index in [4.69, 9.17) is 0 Å². The minimum absolute atomic E-state index is 0.253. The van der Waals surface area contributed by atoms with Gasteiger partial charge in [0.2, 0.25) is 0 Å². The van der Waals surface area contributed by atoms with E-state index in [0.29, 0.717) is 18.2 Å². The van der Waals surface area contributed by atoms with Crippen LogP contribution >= 0.6 is 11.3 Å². The van der Waals surface area contributed by atoms with Gasteiger partial charge in [0, 0.05) is 6.54 Å². The van der Waals surface area contributed by atoms with Crippen LogP contribution in [-0.4, -0.2) is 33.0 Å². The second-order valence-corrected chi connectivity index (χ2v) is 8.05. The van der Waals surface area contributed by atoms with Gasteiger partial charge in [-0.2, -0.15) is 11.3 Å². The van der Waals surface area contributed by atoms with Gasteiger partial charge >= 0.3 is 0 Å². The van der Waals surface area contributed by atoms with E-state index in [2.05, 4.69) is 36.0 Å². The standard InChI is InChI=1S/C13H23NO2S2/c1-12(2)5-9-18(15,16)10-7-14-6-3-13-4-8-17-11-13/h4,8,11-12,14H,3,5-7,9-10H2,1-2H3. The van der Waals surface area contributed by atoms with E-state index in [1.165, 1.54) is 5.56 Å². The van der Waals surface area contributed by atoms with Gasteiger partial charge < -0.3 is 5.32 Å². The van der Waals surface area contributed by atoms with Crippen molar-refractivity contribution in [1.82, 2.24) is 5.32 Å². The lowest BCUT2D eigenvalue weighted by Gasteiger charge is -2.07. The fourth-order valence-corrected chi connectivity index (χ4v) is 3.73. The van der Waals surface area contributed by atoms with E-state index in [-0.39, 0.29) is 5.75 Å². The molecule has 0 aliphatic heterocycles. The van der Waals surface area contributed by atoms with Gasteiger partial charge in [0.05, 0.1) is 11.5 Å². The maximum absolute atomic E-state index is 11.7. The third kappa shape index (κ3) is 7.13. The summed E-state index contributed by atoms with van der Waals surface area (Å²) in [6.45, 7) is 5.50. The van der Waals surface area contributed by atoms with Crippen LogP contribution in [0.1, 0.15) is 25.8 Å². The van der Waals surface area contributed by atoms with Gasteiger partial charge in [-0.05, 0) is 47.7 Å². The third-order valence-electron chi connectivity index (χ3n) is 2.77. The van der Waals surface area contributed by atoms with Crippen molar-refractivity contribution in [2.45, 2.75) is 26.7 Å². The maximum atomic E-state index is 11.7. The summed E-state index contributed by atoms with van der Waals surface area (Å²) >= 11 is 1.69. The van der Waals surface area contributed by atoms with E-state index in [1.807, 2.05) is 0 Å². The fourth-order valence-electron chi connectivity index (χ4n) is 1.54. The first kappa shape index (κ1) is 15.7. The number of hydrogen-bond acceptors (Lipinski definition) is 4. The van der Waals surface area contributed by atoms with Crippen LogP contribution < -0.4 is 5.32 Å². The molecule has 18 heavy (non-hydrogen) atoms. The van der Waals surface area contributed by atoms with Gasteiger partial charge in [-0.1, -0.05) is 13.8 Å². The molecular formula is C13H23NO2S2. The molecule has 5 heteroatoms. The Morgan fingerprint density at radius 2 is 2.06 bits per heavy atom. The van der Waals surface area contributed by atoms with Crippen LogP contribution in [0.15, 0.2) is 16.8 Å². The first-order chi connectivity index (χ1) is 8.49. The van der Waals surface area contributed by atoms with E-state index >= 15 is 0 Å². The van der Waals surface area contributed by atoms with Crippen molar-refractivity contribution in [3.05, 3.63) is 22.4 Å². The molecule has 0 amide bonds. The van der Waals surface area contributed by atoms with Crippen molar-refractivity contribution in [3.8, 4) is 0 Å². The van der Waals surface area contributed by atoms with E-state index in [9.17, 15) is 8.42 Å². The van der Waals surface area contributed by atoms with E-state index < -0.39 is 9.84 Å². The smallest absolute Gasteiger partial charge is 0.151 e. The summed E-state index contributed by atoms with van der Waals surface area (Å²) in [5, 5.41) is 7.38. The highest BCUT2D eigenvalue weighted by molar-refractivity contribution is 7.91. The van der Waals surface area contributed by atoms with Crippen LogP contribution in [-0.2, 0) is 16.3 Å². The Morgan fingerprint density at radius 1 is 1.28 bits per heavy atom. The SMILES string of the molecule is CC(C)CCS(=O)(=O)CCNCCc1ccsc1. The number of sulfone groups is 1. The summed E-state index contributed by atoms with van der Waals surface area (Å²) in [6.07, 6.45) is 1.73. The molecule has 1 rings (SSSR count). The Bertz CT molecular complexity index is 410. The highest BCUT2D eigenvalue weighted by atomic mass is 32.2. The largest absolute Gasteiger partial charge is 0.315 e. The molecule has 0 aliphatic rings. The summed E-state index contributed by atoms with van der Waals surface area (Å²) in [4.78, 5) is 0. The molecule has 0 saturated heterocycles. The minimum Gasteiger partial charge on any atom is -0.315 e. The molecule has 3 nitrogen and oxygen atoms in total. The van der Waals surface area contributed by atoms with Crippen LogP contribution in [0.3, 0.4) is 0 Å². The lowest BCUT2D eigenvalue weighted by atomic mass is 10.2. The molecular weight excluding hydrogens is 266 g/mol. The monoisotopic (exact) mass is 289 g/mol. The summed E-state index contributed by atoms with van der Waals surface area (Å²) < 4.78 is 23.4. The molecule has 1 N–H and O–H groups in total. The van der Waals surface area contributed by atoms with Crippen molar-refractivity contribution in [3.63, 3.8) is 0 Å². The van der Waals surface area contributed by atoms with Crippen LogP contribution in [0.2, 0.25) is 0 Å². The Kier molecular flexibility index (Phi) is 6.89. The van der Waals surface area contributed by atoms with Crippen molar-refractivity contribution in [1.29, 1.82) is 0 Å². The van der Waals surface area contributed by atoms with Crippen molar-refractivity contribution < 1.29 is 8.42 Å². The molecule has 104 valence electrons. The molecule has 0 saturated carbocycles. The Labute approximate surface area is 115 Å². The summed E-state index contributed by atoms with van der Waals surface area (Å²) in [5.74, 6) is 1.02. The average Bonchev–Trinajstić information content (AvgIpc) is 2.79. The Hall–Kier alpha value is -0.390. The van der Waals surface area contributed by atoms with Gasteiger partial charge in [-0.25, -0.2) is 8.42 Å². The highest BCUT2D eigenvalue weighted by Crippen LogP contribution is 2.06. The maximum Gasteiger partial charge on any atom is 0.151 e. The molecule has 0 aliphatic carbocycles. The number of nitrogens with one attached hydrogen (secondary N) is 1. The zero-order chi connectivity index (χ0) is 13.4. The molecule has 0 atom stereocenters. The van der Waals surface area contributed by atoms with Crippen LogP contribution in [0.25, 0.3) is 0 Å². The predicted octanol–water partition coefficient (Wildman–Crippen LogP) is 2.34. The molecule has 0 fully saturated rings. The normalized spacial score (nSPS) is 12.2. The zero-order valence-electron chi connectivity index (χ0n) is 11.2. The molecule has 0 radical (unpaired) electrons. The van der Waals surface area contributed by atoms with Crippen LogP contribution in [0, 0.1) is 5.92 Å². The van der Waals surface area contributed by atoms with Gasteiger partial charge in [0.15, 0.2) is 9.84 Å². The van der Waals surface area contributed by atoms with Crippen LogP contribution in [0.5, 0.6) is 0 Å². The summed E-state index contributed by atoms with van der Waals surface area (Å²) in [5.41, 5.74) is 1.31. The zero-order valence-corrected chi connectivity index (χ0v) is 12.8. The lowest BCUT2D eigenvalue weighted by molar-refractivity contribution is 0.570. The molecule has 1 aromatic rings. The van der Waals surface area contributed by atoms with Crippen molar-refractivity contribution >= 4 is 21.2 Å². The minimum atomic E-state index is -2.87. The highest BCUT2D eigenvalue weighted by Gasteiger charge is 2.10. The third-order valence-corrected chi connectivity index (χ3v) is 5.18. The van der Waals surface area contributed by atoms with Gasteiger partial charge in [0.25, 0.3) is 0 Å². The first-order valence-electron chi connectivity index (χ1n) is 6.42. The van der Waals surface area contributed by atoms with Crippen molar-refractivity contribution in [2.75, 3.05) is 24.6 Å². The summed E-state index contributed by atoms with van der Waals surface area (Å²) in [7, 11) is -2.87. The van der Waals surface area contributed by atoms with Crippen molar-refractivity contribution in [2.24, 2.45) is 5.92 Å². The van der Waals surface area contributed by atoms with Gasteiger partial charge in [0.1, 0.15) is 0 Å². The molecule has 1 aromatic heterocycles. The van der Waals surface area contributed by atoms with E-state index in [0.717, 1.165) is 19.4 Å². The molecule has 0 aromatic carbocycles. The Balaban J connectivity index is 2.09. The second kappa shape index (κ2) is 7.92. The molecule has 1 heterocycles. The number of hydrogen-bond donors (Lipinski definition) is 1. The first-order valence-corrected chi connectivity index (χ1v) is 9.18. The van der Waals surface area contributed by atoms with E-state index in [1.54, 1.807) is 11.3 Å². The number of thiophene rings is 1. The van der Waals surface area contributed by atoms with Gasteiger partial charge in [-0.15, -0.1) is 0 Å².